The van der Waals surface area contributed by atoms with Gasteiger partial charge in [0.15, 0.2) is 11.9 Å². The smallest absolute Gasteiger partial charge is 0.269 e. The molecular formula is C19H14BrN5O3S. The Bertz CT molecular complexity index is 1110. The highest BCUT2D eigenvalue weighted by Crippen LogP contribution is 2.41. The Morgan fingerprint density at radius 1 is 1.31 bits per heavy atom. The number of aromatic nitrogens is 3. The number of halogens is 1. The Hall–Kier alpha value is -2.98. The van der Waals surface area contributed by atoms with Crippen LogP contribution in [0, 0.1) is 10.1 Å². The van der Waals surface area contributed by atoms with E-state index in [1.807, 2.05) is 18.2 Å². The first-order valence-electron chi connectivity index (χ1n) is 8.51. The average Bonchev–Trinajstić information content (AvgIpc) is 2.88. The first kappa shape index (κ1) is 19.3. The normalized spacial score (nSPS) is 14.6. The number of rotatable bonds is 5. The highest BCUT2D eigenvalue weighted by molar-refractivity contribution is 9.10. The molecule has 8 nitrogen and oxygen atoms in total. The Kier molecular flexibility index (Phi) is 5.45. The third kappa shape index (κ3) is 4.08. The van der Waals surface area contributed by atoms with E-state index in [4.69, 9.17) is 4.74 Å². The number of fused-ring (bicyclic) bond motifs is 3. The summed E-state index contributed by atoms with van der Waals surface area (Å²) in [7, 11) is 0. The summed E-state index contributed by atoms with van der Waals surface area (Å²) < 4.78 is 6.98. The molecule has 0 spiro atoms. The molecule has 2 heterocycles. The highest BCUT2D eigenvalue weighted by Gasteiger charge is 2.27. The molecule has 0 amide bonds. The molecule has 146 valence electrons. The minimum Gasteiger partial charge on any atom is -0.448 e. The number of hydrogen-bond donors (Lipinski definition) is 1. The molecule has 1 aliphatic rings. The van der Waals surface area contributed by atoms with Crippen LogP contribution >= 0.6 is 27.7 Å². The van der Waals surface area contributed by atoms with Gasteiger partial charge in [0.2, 0.25) is 11.0 Å². The molecule has 1 N–H and O–H groups in total. The van der Waals surface area contributed by atoms with Crippen molar-refractivity contribution < 1.29 is 9.66 Å². The molecule has 4 rings (SSSR count). The van der Waals surface area contributed by atoms with Crippen molar-refractivity contribution in [3.63, 3.8) is 0 Å². The van der Waals surface area contributed by atoms with Gasteiger partial charge in [0.05, 0.1) is 4.92 Å². The molecule has 0 saturated heterocycles. The number of thioether (sulfide) groups is 1. The number of ether oxygens (including phenoxy) is 1. The largest absolute Gasteiger partial charge is 0.448 e. The van der Waals surface area contributed by atoms with E-state index in [0.717, 1.165) is 15.7 Å². The molecule has 0 bridgehead atoms. The zero-order valence-corrected chi connectivity index (χ0v) is 17.3. The van der Waals surface area contributed by atoms with E-state index in [-0.39, 0.29) is 5.69 Å². The van der Waals surface area contributed by atoms with Crippen molar-refractivity contribution in [1.29, 1.82) is 0 Å². The van der Waals surface area contributed by atoms with Gasteiger partial charge in [0.25, 0.3) is 5.69 Å². The Morgan fingerprint density at radius 3 is 2.97 bits per heavy atom. The number of anilines is 1. The quantitative estimate of drug-likeness (QED) is 0.240. The van der Waals surface area contributed by atoms with Crippen LogP contribution in [0.15, 0.2) is 64.7 Å². The molecule has 29 heavy (non-hydrogen) atoms. The number of nitro benzene ring substituents is 1. The van der Waals surface area contributed by atoms with Gasteiger partial charge in [-0.3, -0.25) is 10.1 Å². The molecule has 1 atom stereocenters. The SMILES string of the molecule is C=CCSc1nnc2c(n1)O[C@H](c1cccc([N+](=O)[O-])c1)Nc1ccc(Br)cc1-2. The van der Waals surface area contributed by atoms with Gasteiger partial charge in [0, 0.05) is 39.2 Å². The van der Waals surface area contributed by atoms with E-state index in [9.17, 15) is 10.1 Å². The lowest BCUT2D eigenvalue weighted by molar-refractivity contribution is -0.385. The van der Waals surface area contributed by atoms with Crippen molar-refractivity contribution in [3.8, 4) is 17.1 Å². The van der Waals surface area contributed by atoms with Gasteiger partial charge in [0.1, 0.15) is 0 Å². The molecule has 3 aromatic rings. The maximum Gasteiger partial charge on any atom is 0.269 e. The molecule has 1 aliphatic heterocycles. The van der Waals surface area contributed by atoms with Gasteiger partial charge in [-0.25, -0.2) is 0 Å². The Morgan fingerprint density at radius 2 is 2.17 bits per heavy atom. The predicted molar refractivity (Wildman–Crippen MR) is 114 cm³/mol. The van der Waals surface area contributed by atoms with Crippen LogP contribution in [0.3, 0.4) is 0 Å². The van der Waals surface area contributed by atoms with Crippen LogP contribution in [-0.2, 0) is 0 Å². The molecule has 10 heteroatoms. The lowest BCUT2D eigenvalue weighted by Crippen LogP contribution is -2.17. The van der Waals surface area contributed by atoms with Crippen molar-refractivity contribution >= 4 is 39.1 Å². The number of benzene rings is 2. The maximum absolute atomic E-state index is 11.2. The highest BCUT2D eigenvalue weighted by atomic mass is 79.9. The minimum absolute atomic E-state index is 0.0172. The van der Waals surface area contributed by atoms with Crippen molar-refractivity contribution in [2.24, 2.45) is 0 Å². The summed E-state index contributed by atoms with van der Waals surface area (Å²) in [6.07, 6.45) is 1.06. The summed E-state index contributed by atoms with van der Waals surface area (Å²) in [5, 5.41) is 23.4. The number of hydrogen-bond acceptors (Lipinski definition) is 8. The molecule has 0 saturated carbocycles. The first-order valence-corrected chi connectivity index (χ1v) is 10.3. The van der Waals surface area contributed by atoms with E-state index < -0.39 is 11.2 Å². The van der Waals surface area contributed by atoms with Gasteiger partial charge in [-0.15, -0.1) is 16.8 Å². The molecular weight excluding hydrogens is 458 g/mol. The van der Waals surface area contributed by atoms with Crippen LogP contribution in [0.25, 0.3) is 11.3 Å². The third-order valence-electron chi connectivity index (χ3n) is 4.10. The van der Waals surface area contributed by atoms with Crippen LogP contribution in [0.2, 0.25) is 0 Å². The number of non-ortho nitro benzene ring substituents is 1. The van der Waals surface area contributed by atoms with Crippen LogP contribution in [0.5, 0.6) is 5.88 Å². The summed E-state index contributed by atoms with van der Waals surface area (Å²) >= 11 is 4.86. The standard InChI is InChI=1S/C19H14BrN5O3S/c1-2-8-29-19-22-18-16(23-24-19)14-10-12(20)6-7-15(14)21-17(28-18)11-4-3-5-13(9-11)25(26)27/h2-7,9-10,17,21H,1,8H2/t17-/m1/s1. The lowest BCUT2D eigenvalue weighted by atomic mass is 10.1. The number of nitrogens with one attached hydrogen (secondary N) is 1. The number of nitro groups is 1. The summed E-state index contributed by atoms with van der Waals surface area (Å²) in [6, 6.07) is 12.0. The Labute approximate surface area is 178 Å². The zero-order chi connectivity index (χ0) is 20.4. The first-order chi connectivity index (χ1) is 14.0. The van der Waals surface area contributed by atoms with E-state index in [1.54, 1.807) is 18.2 Å². The van der Waals surface area contributed by atoms with Gasteiger partial charge < -0.3 is 10.1 Å². The molecule has 0 unspecified atom stereocenters. The van der Waals surface area contributed by atoms with Gasteiger partial charge >= 0.3 is 0 Å². The van der Waals surface area contributed by atoms with Crippen molar-refractivity contribution in [2.45, 2.75) is 11.4 Å². The monoisotopic (exact) mass is 471 g/mol. The van der Waals surface area contributed by atoms with E-state index in [1.165, 1.54) is 23.9 Å². The predicted octanol–water partition coefficient (Wildman–Crippen LogP) is 4.99. The second kappa shape index (κ2) is 8.18. The van der Waals surface area contributed by atoms with Crippen LogP contribution in [0.1, 0.15) is 11.8 Å². The van der Waals surface area contributed by atoms with Crippen molar-refractivity contribution in [3.05, 3.63) is 75.3 Å². The second-order valence-electron chi connectivity index (χ2n) is 6.03. The summed E-state index contributed by atoms with van der Waals surface area (Å²) in [5.74, 6) is 0.933. The van der Waals surface area contributed by atoms with Gasteiger partial charge in [-0.05, 0) is 18.2 Å². The molecule has 1 aromatic heterocycles. The van der Waals surface area contributed by atoms with E-state index in [0.29, 0.717) is 28.0 Å². The van der Waals surface area contributed by atoms with Crippen molar-refractivity contribution in [2.75, 3.05) is 11.1 Å². The number of nitrogens with zero attached hydrogens (tertiary/aromatic N) is 4. The lowest BCUT2D eigenvalue weighted by Gasteiger charge is -2.19. The molecule has 0 radical (unpaired) electrons. The summed E-state index contributed by atoms with van der Waals surface area (Å²) in [6.45, 7) is 3.69. The zero-order valence-electron chi connectivity index (χ0n) is 14.9. The Balaban J connectivity index is 1.82. The fraction of sp³-hybridized carbons (Fsp3) is 0.105. The van der Waals surface area contributed by atoms with Gasteiger partial charge in [-0.2, -0.15) is 4.98 Å². The average molecular weight is 472 g/mol. The summed E-state index contributed by atoms with van der Waals surface area (Å²) in [5.41, 5.74) is 2.59. The minimum atomic E-state index is -0.690. The fourth-order valence-electron chi connectivity index (χ4n) is 2.82. The summed E-state index contributed by atoms with van der Waals surface area (Å²) in [4.78, 5) is 15.2. The second-order valence-corrected chi connectivity index (χ2v) is 7.93. The van der Waals surface area contributed by atoms with Crippen LogP contribution in [-0.4, -0.2) is 25.9 Å². The third-order valence-corrected chi connectivity index (χ3v) is 5.43. The van der Waals surface area contributed by atoms with Gasteiger partial charge in [-0.1, -0.05) is 45.9 Å². The van der Waals surface area contributed by atoms with Crippen molar-refractivity contribution in [1.82, 2.24) is 15.2 Å². The molecule has 0 fully saturated rings. The molecule has 2 aromatic carbocycles. The van der Waals surface area contributed by atoms with Crippen LogP contribution < -0.4 is 10.1 Å². The molecule has 0 aliphatic carbocycles. The van der Waals surface area contributed by atoms with E-state index >= 15 is 0 Å². The topological polar surface area (TPSA) is 103 Å². The maximum atomic E-state index is 11.2. The van der Waals surface area contributed by atoms with E-state index in [2.05, 4.69) is 43.0 Å². The van der Waals surface area contributed by atoms with Crippen LogP contribution in [0.4, 0.5) is 11.4 Å². The fourth-order valence-corrected chi connectivity index (χ4v) is 3.69.